The van der Waals surface area contributed by atoms with E-state index in [1.54, 1.807) is 11.3 Å². The molecule has 4 nitrogen and oxygen atoms in total. The van der Waals surface area contributed by atoms with Crippen LogP contribution in [0.3, 0.4) is 0 Å². The predicted molar refractivity (Wildman–Crippen MR) is 78.3 cm³/mol. The Morgan fingerprint density at radius 1 is 1.26 bits per heavy atom. The van der Waals surface area contributed by atoms with Gasteiger partial charge < -0.3 is 9.80 Å². The van der Waals surface area contributed by atoms with E-state index in [1.807, 2.05) is 0 Å². The second kappa shape index (κ2) is 5.21. The summed E-state index contributed by atoms with van der Waals surface area (Å²) in [5, 5.41) is 1.06. The van der Waals surface area contributed by atoms with Crippen LogP contribution in [0.4, 0.5) is 5.13 Å². The first-order valence-corrected chi connectivity index (χ1v) is 7.95. The molecule has 0 bridgehead atoms. The molecule has 0 amide bonds. The molecular weight excluding hydrogens is 258 g/mol. The zero-order chi connectivity index (χ0) is 13.4. The molecule has 1 aliphatic heterocycles. The Labute approximate surface area is 118 Å². The summed E-state index contributed by atoms with van der Waals surface area (Å²) in [4.78, 5) is 22.4. The Hall–Kier alpha value is -0.940. The highest BCUT2D eigenvalue weighted by atomic mass is 32.1. The normalized spacial score (nSPS) is 25.3. The number of carbonyl (C=O) groups excluding carboxylic acids is 1. The Morgan fingerprint density at radius 3 is 2.89 bits per heavy atom. The first kappa shape index (κ1) is 13.1. The Morgan fingerprint density at radius 2 is 2.11 bits per heavy atom. The highest BCUT2D eigenvalue weighted by molar-refractivity contribution is 7.17. The summed E-state index contributed by atoms with van der Waals surface area (Å²) in [5.41, 5.74) is 1.04. The van der Waals surface area contributed by atoms with Gasteiger partial charge in [0.25, 0.3) is 0 Å². The van der Waals surface area contributed by atoms with Crippen LogP contribution in [-0.2, 0) is 6.42 Å². The average Bonchev–Trinajstić information content (AvgIpc) is 2.72. The number of Topliss-reactive ketones (excluding diaryl/α,β-unsaturated/α-hetero) is 1. The molecule has 3 rings (SSSR count). The maximum Gasteiger partial charge on any atom is 0.186 e. The van der Waals surface area contributed by atoms with Crippen molar-refractivity contribution in [2.24, 2.45) is 0 Å². The lowest BCUT2D eigenvalue weighted by Gasteiger charge is -2.27. The molecule has 2 heterocycles. The fraction of sp³-hybridized carbons (Fsp3) is 0.714. The molecule has 1 aliphatic carbocycles. The standard InChI is InChI=1S/C14H21N3OS/c1-10-9-16(2)7-4-8-17(10)14-15-11-5-3-6-12(18)13(11)19-14/h10H,3-9H2,1-2H3. The third-order valence-corrected chi connectivity index (χ3v) is 5.23. The van der Waals surface area contributed by atoms with Gasteiger partial charge in [-0.1, -0.05) is 11.3 Å². The van der Waals surface area contributed by atoms with Crippen molar-refractivity contribution >= 4 is 22.3 Å². The van der Waals surface area contributed by atoms with Gasteiger partial charge in [0.2, 0.25) is 0 Å². The second-order valence-electron chi connectivity index (χ2n) is 5.71. The fourth-order valence-electron chi connectivity index (χ4n) is 3.04. The van der Waals surface area contributed by atoms with Gasteiger partial charge in [-0.3, -0.25) is 4.79 Å². The summed E-state index contributed by atoms with van der Waals surface area (Å²) < 4.78 is 0. The molecule has 104 valence electrons. The number of aromatic nitrogens is 1. The van der Waals surface area contributed by atoms with Gasteiger partial charge in [-0.05, 0) is 39.8 Å². The molecule has 1 aromatic rings. The maximum absolute atomic E-state index is 11.9. The molecule has 1 unspecified atom stereocenters. The molecular formula is C14H21N3OS. The maximum atomic E-state index is 11.9. The van der Waals surface area contributed by atoms with E-state index in [2.05, 4.69) is 23.8 Å². The first-order valence-electron chi connectivity index (χ1n) is 7.13. The van der Waals surface area contributed by atoms with E-state index in [9.17, 15) is 4.79 Å². The molecule has 1 fully saturated rings. The summed E-state index contributed by atoms with van der Waals surface area (Å²) >= 11 is 1.61. The Balaban J connectivity index is 1.87. The van der Waals surface area contributed by atoms with E-state index in [1.165, 1.54) is 6.42 Å². The minimum Gasteiger partial charge on any atom is -0.344 e. The molecule has 0 aromatic carbocycles. The van der Waals surface area contributed by atoms with Crippen LogP contribution in [0, 0.1) is 0 Å². The minimum atomic E-state index is 0.296. The van der Waals surface area contributed by atoms with Gasteiger partial charge in [0, 0.05) is 25.6 Å². The molecule has 1 atom stereocenters. The molecule has 1 saturated heterocycles. The van der Waals surface area contributed by atoms with Gasteiger partial charge in [0.05, 0.1) is 10.6 Å². The number of nitrogens with zero attached hydrogens (tertiary/aromatic N) is 3. The third kappa shape index (κ3) is 2.54. The van der Waals surface area contributed by atoms with Crippen molar-refractivity contribution < 1.29 is 4.79 Å². The largest absolute Gasteiger partial charge is 0.344 e. The monoisotopic (exact) mass is 279 g/mol. The van der Waals surface area contributed by atoms with E-state index >= 15 is 0 Å². The molecule has 0 N–H and O–H groups in total. The number of ketones is 1. The van der Waals surface area contributed by atoms with Gasteiger partial charge in [-0.25, -0.2) is 4.98 Å². The number of fused-ring (bicyclic) bond motifs is 1. The number of rotatable bonds is 1. The molecule has 1 aromatic heterocycles. The highest BCUT2D eigenvalue weighted by Gasteiger charge is 2.27. The van der Waals surface area contributed by atoms with Crippen LogP contribution in [0.15, 0.2) is 0 Å². The van der Waals surface area contributed by atoms with Crippen molar-refractivity contribution in [3.05, 3.63) is 10.6 Å². The van der Waals surface area contributed by atoms with Crippen molar-refractivity contribution in [2.75, 3.05) is 31.6 Å². The zero-order valence-corrected chi connectivity index (χ0v) is 12.5. The van der Waals surface area contributed by atoms with Crippen molar-refractivity contribution in [3.63, 3.8) is 0 Å². The molecule has 0 spiro atoms. The van der Waals surface area contributed by atoms with Crippen LogP contribution in [0.2, 0.25) is 0 Å². The van der Waals surface area contributed by atoms with E-state index < -0.39 is 0 Å². The number of thiazole rings is 1. The topological polar surface area (TPSA) is 36.4 Å². The van der Waals surface area contributed by atoms with Crippen LogP contribution in [0.1, 0.15) is 41.6 Å². The van der Waals surface area contributed by atoms with Gasteiger partial charge >= 0.3 is 0 Å². The molecule has 5 heteroatoms. The van der Waals surface area contributed by atoms with Gasteiger partial charge in [0.15, 0.2) is 10.9 Å². The molecule has 19 heavy (non-hydrogen) atoms. The summed E-state index contributed by atoms with van der Waals surface area (Å²) in [7, 11) is 2.18. The SMILES string of the molecule is CC1CN(C)CCCN1c1nc2c(s1)C(=O)CCC2. The molecule has 2 aliphatic rings. The Bertz CT molecular complexity index is 485. The number of hydrogen-bond donors (Lipinski definition) is 0. The highest BCUT2D eigenvalue weighted by Crippen LogP contribution is 2.33. The van der Waals surface area contributed by atoms with Gasteiger partial charge in [-0.2, -0.15) is 0 Å². The summed E-state index contributed by atoms with van der Waals surface area (Å²) in [6.07, 6.45) is 3.80. The number of likely N-dealkylation sites (N-methyl/N-ethyl adjacent to an activating group) is 1. The lowest BCUT2D eigenvalue weighted by Crippen LogP contribution is -2.37. The summed E-state index contributed by atoms with van der Waals surface area (Å²) in [6, 6.07) is 0.468. The van der Waals surface area contributed by atoms with Crippen LogP contribution in [0.25, 0.3) is 0 Å². The fourth-order valence-corrected chi connectivity index (χ4v) is 4.24. The predicted octanol–water partition coefficient (Wildman–Crippen LogP) is 2.19. The number of anilines is 1. The van der Waals surface area contributed by atoms with Crippen LogP contribution < -0.4 is 4.90 Å². The third-order valence-electron chi connectivity index (χ3n) is 4.05. The lowest BCUT2D eigenvalue weighted by atomic mass is 10.0. The van der Waals surface area contributed by atoms with E-state index in [4.69, 9.17) is 4.98 Å². The number of aryl methyl sites for hydroxylation is 1. The van der Waals surface area contributed by atoms with Crippen molar-refractivity contribution in [3.8, 4) is 0 Å². The van der Waals surface area contributed by atoms with Crippen LogP contribution >= 0.6 is 11.3 Å². The van der Waals surface area contributed by atoms with Crippen molar-refractivity contribution in [1.29, 1.82) is 0 Å². The van der Waals surface area contributed by atoms with E-state index in [-0.39, 0.29) is 0 Å². The van der Waals surface area contributed by atoms with E-state index in [0.29, 0.717) is 18.2 Å². The van der Waals surface area contributed by atoms with E-state index in [0.717, 1.165) is 48.2 Å². The average molecular weight is 279 g/mol. The number of hydrogen-bond acceptors (Lipinski definition) is 5. The van der Waals surface area contributed by atoms with Crippen molar-refractivity contribution in [1.82, 2.24) is 9.88 Å². The minimum absolute atomic E-state index is 0.296. The second-order valence-corrected chi connectivity index (χ2v) is 6.68. The van der Waals surface area contributed by atoms with Crippen LogP contribution in [-0.4, -0.2) is 48.4 Å². The van der Waals surface area contributed by atoms with Crippen LogP contribution in [0.5, 0.6) is 0 Å². The quantitative estimate of drug-likeness (QED) is 0.789. The van der Waals surface area contributed by atoms with Gasteiger partial charge in [0.1, 0.15) is 0 Å². The number of carbonyl (C=O) groups is 1. The zero-order valence-electron chi connectivity index (χ0n) is 11.7. The molecule has 0 saturated carbocycles. The van der Waals surface area contributed by atoms with Crippen molar-refractivity contribution in [2.45, 2.75) is 38.6 Å². The lowest BCUT2D eigenvalue weighted by molar-refractivity contribution is 0.0976. The molecule has 0 radical (unpaired) electrons. The Kier molecular flexibility index (Phi) is 3.58. The first-order chi connectivity index (χ1) is 9.15. The summed E-state index contributed by atoms with van der Waals surface area (Å²) in [6.45, 7) is 5.51. The smallest absolute Gasteiger partial charge is 0.186 e. The summed E-state index contributed by atoms with van der Waals surface area (Å²) in [5.74, 6) is 0.296. The van der Waals surface area contributed by atoms with Gasteiger partial charge in [-0.15, -0.1) is 0 Å².